The Morgan fingerprint density at radius 3 is 2.24 bits per heavy atom. The zero-order valence-corrected chi connectivity index (χ0v) is 18.0. The zero-order chi connectivity index (χ0) is 20.6. The zero-order valence-electron chi connectivity index (χ0n) is 16.4. The van der Waals surface area contributed by atoms with Gasteiger partial charge in [-0.05, 0) is 69.9 Å². The molecule has 150 valence electrons. The first-order chi connectivity index (χ1) is 14.0. The fraction of sp³-hybridized carbons (Fsp3) is 0.208. The Balaban J connectivity index is 1.56. The quantitative estimate of drug-likeness (QED) is 0.229. The summed E-state index contributed by atoms with van der Waals surface area (Å²) in [6, 6.07) is 22.2. The fourth-order valence-electron chi connectivity index (χ4n) is 2.67. The van der Waals surface area contributed by atoms with E-state index < -0.39 is 5.97 Å². The van der Waals surface area contributed by atoms with Crippen LogP contribution in [0, 0.1) is 0 Å². The lowest BCUT2D eigenvalue weighted by Crippen LogP contribution is -2.11. The molecule has 5 heteroatoms. The van der Waals surface area contributed by atoms with Gasteiger partial charge in [-0.3, -0.25) is 0 Å². The highest BCUT2D eigenvalue weighted by molar-refractivity contribution is 9.10. The second kappa shape index (κ2) is 10.1. The van der Waals surface area contributed by atoms with Gasteiger partial charge < -0.3 is 14.2 Å². The van der Waals surface area contributed by atoms with Crippen LogP contribution in [0.5, 0.6) is 17.2 Å². The van der Waals surface area contributed by atoms with Crippen molar-refractivity contribution in [3.05, 3.63) is 88.4 Å². The Labute approximate surface area is 179 Å². The van der Waals surface area contributed by atoms with Crippen molar-refractivity contribution in [3.63, 3.8) is 0 Å². The van der Waals surface area contributed by atoms with Crippen molar-refractivity contribution < 1.29 is 19.0 Å². The molecule has 0 N–H and O–H groups in total. The lowest BCUT2D eigenvalue weighted by atomic mass is 10.0. The first-order valence-corrected chi connectivity index (χ1v) is 10.2. The topological polar surface area (TPSA) is 44.8 Å². The molecule has 0 saturated heterocycles. The van der Waals surface area contributed by atoms with Gasteiger partial charge in [-0.1, -0.05) is 44.2 Å². The summed E-state index contributed by atoms with van der Waals surface area (Å²) in [4.78, 5) is 12.5. The van der Waals surface area contributed by atoms with E-state index in [4.69, 9.17) is 14.2 Å². The maximum atomic E-state index is 12.5. The number of hydrogen-bond acceptors (Lipinski definition) is 4. The van der Waals surface area contributed by atoms with E-state index >= 15 is 0 Å². The van der Waals surface area contributed by atoms with Crippen molar-refractivity contribution in [3.8, 4) is 17.2 Å². The standard InChI is InChI=1S/C24H23BrO4/c1-17(2)18-11-12-23(22(25)16-18)29-24(26)19-7-6-10-21(15-19)28-14-13-27-20-8-4-3-5-9-20/h3-12,15-17H,13-14H2,1-2H3. The minimum absolute atomic E-state index is 0.371. The van der Waals surface area contributed by atoms with E-state index in [-0.39, 0.29) is 0 Å². The average molecular weight is 455 g/mol. The number of benzene rings is 3. The molecular formula is C24H23BrO4. The molecule has 0 unspecified atom stereocenters. The van der Waals surface area contributed by atoms with Gasteiger partial charge in [0.2, 0.25) is 0 Å². The molecule has 0 bridgehead atoms. The Kier molecular flexibility index (Phi) is 7.30. The van der Waals surface area contributed by atoms with E-state index in [9.17, 15) is 4.79 Å². The molecule has 0 heterocycles. The molecule has 0 radical (unpaired) electrons. The number of para-hydroxylation sites is 1. The lowest BCUT2D eigenvalue weighted by molar-refractivity contribution is 0.0733. The Morgan fingerprint density at radius 2 is 1.55 bits per heavy atom. The van der Waals surface area contributed by atoms with E-state index in [1.54, 1.807) is 30.3 Å². The Bertz CT molecular complexity index is 954. The SMILES string of the molecule is CC(C)c1ccc(OC(=O)c2cccc(OCCOc3ccccc3)c2)c(Br)c1. The minimum Gasteiger partial charge on any atom is -0.490 e. The van der Waals surface area contributed by atoms with Crippen LogP contribution in [0.15, 0.2) is 77.3 Å². The lowest BCUT2D eigenvalue weighted by Gasteiger charge is -2.11. The number of carbonyl (C=O) groups excluding carboxylic acids is 1. The predicted octanol–water partition coefficient (Wildman–Crippen LogP) is 6.25. The summed E-state index contributed by atoms with van der Waals surface area (Å²) in [6.45, 7) is 5.01. The van der Waals surface area contributed by atoms with Crippen LogP contribution in [0.4, 0.5) is 0 Å². The summed E-state index contributed by atoms with van der Waals surface area (Å²) in [5, 5.41) is 0. The number of esters is 1. The average Bonchev–Trinajstić information content (AvgIpc) is 2.73. The van der Waals surface area contributed by atoms with E-state index in [1.165, 1.54) is 5.56 Å². The molecule has 0 saturated carbocycles. The van der Waals surface area contributed by atoms with E-state index in [2.05, 4.69) is 29.8 Å². The Hall–Kier alpha value is -2.79. The largest absolute Gasteiger partial charge is 0.490 e. The van der Waals surface area contributed by atoms with E-state index in [0.29, 0.717) is 36.2 Å². The summed E-state index contributed by atoms with van der Waals surface area (Å²) in [6.07, 6.45) is 0. The molecule has 3 aromatic rings. The first kappa shape index (κ1) is 20.9. The van der Waals surface area contributed by atoms with Gasteiger partial charge in [0.15, 0.2) is 0 Å². The summed E-state index contributed by atoms with van der Waals surface area (Å²) < 4.78 is 17.6. The van der Waals surface area contributed by atoms with Crippen molar-refractivity contribution >= 4 is 21.9 Å². The van der Waals surface area contributed by atoms with Gasteiger partial charge in [0, 0.05) is 0 Å². The summed E-state index contributed by atoms with van der Waals surface area (Å²) in [7, 11) is 0. The summed E-state index contributed by atoms with van der Waals surface area (Å²) in [5.41, 5.74) is 1.59. The van der Waals surface area contributed by atoms with Crippen molar-refractivity contribution in [2.75, 3.05) is 13.2 Å². The van der Waals surface area contributed by atoms with Crippen LogP contribution >= 0.6 is 15.9 Å². The second-order valence-electron chi connectivity index (χ2n) is 6.77. The molecule has 0 aromatic heterocycles. The third-order valence-corrected chi connectivity index (χ3v) is 4.88. The highest BCUT2D eigenvalue weighted by Crippen LogP contribution is 2.29. The van der Waals surface area contributed by atoms with Crippen LogP contribution in [0.25, 0.3) is 0 Å². The van der Waals surface area contributed by atoms with Crippen LogP contribution in [0.1, 0.15) is 35.7 Å². The molecule has 3 aromatic carbocycles. The molecule has 0 aliphatic heterocycles. The summed E-state index contributed by atoms with van der Waals surface area (Å²) in [5.74, 6) is 1.83. The molecule has 0 amide bonds. The van der Waals surface area contributed by atoms with Crippen molar-refractivity contribution in [1.29, 1.82) is 0 Å². The summed E-state index contributed by atoms with van der Waals surface area (Å²) >= 11 is 3.48. The van der Waals surface area contributed by atoms with E-state index in [0.717, 1.165) is 10.2 Å². The van der Waals surface area contributed by atoms with E-state index in [1.807, 2.05) is 42.5 Å². The maximum Gasteiger partial charge on any atom is 0.343 e. The van der Waals surface area contributed by atoms with Gasteiger partial charge in [-0.2, -0.15) is 0 Å². The fourth-order valence-corrected chi connectivity index (χ4v) is 3.14. The Morgan fingerprint density at radius 1 is 0.862 bits per heavy atom. The highest BCUT2D eigenvalue weighted by Gasteiger charge is 2.13. The van der Waals surface area contributed by atoms with Gasteiger partial charge in [0.1, 0.15) is 30.5 Å². The molecule has 29 heavy (non-hydrogen) atoms. The van der Waals surface area contributed by atoms with Crippen molar-refractivity contribution in [1.82, 2.24) is 0 Å². The molecule has 0 atom stereocenters. The van der Waals surface area contributed by atoms with Gasteiger partial charge >= 0.3 is 5.97 Å². The van der Waals surface area contributed by atoms with Gasteiger partial charge in [0.05, 0.1) is 10.0 Å². The number of halogens is 1. The van der Waals surface area contributed by atoms with Crippen molar-refractivity contribution in [2.24, 2.45) is 0 Å². The molecule has 0 spiro atoms. The maximum absolute atomic E-state index is 12.5. The van der Waals surface area contributed by atoms with Crippen LogP contribution in [0.3, 0.4) is 0 Å². The first-order valence-electron chi connectivity index (χ1n) is 9.45. The van der Waals surface area contributed by atoms with Gasteiger partial charge in [0.25, 0.3) is 0 Å². The highest BCUT2D eigenvalue weighted by atomic mass is 79.9. The molecule has 0 aliphatic carbocycles. The third kappa shape index (κ3) is 6.09. The normalized spacial score (nSPS) is 10.6. The number of rotatable bonds is 8. The van der Waals surface area contributed by atoms with Gasteiger partial charge in [-0.15, -0.1) is 0 Å². The molecule has 4 nitrogen and oxygen atoms in total. The minimum atomic E-state index is -0.436. The van der Waals surface area contributed by atoms with Crippen molar-refractivity contribution in [2.45, 2.75) is 19.8 Å². The monoisotopic (exact) mass is 454 g/mol. The van der Waals surface area contributed by atoms with Crippen LogP contribution in [0.2, 0.25) is 0 Å². The predicted molar refractivity (Wildman–Crippen MR) is 117 cm³/mol. The third-order valence-electron chi connectivity index (χ3n) is 4.26. The number of hydrogen-bond donors (Lipinski definition) is 0. The second-order valence-corrected chi connectivity index (χ2v) is 7.63. The van der Waals surface area contributed by atoms with Crippen LogP contribution < -0.4 is 14.2 Å². The molecule has 3 rings (SSSR count). The number of carbonyl (C=O) groups is 1. The van der Waals surface area contributed by atoms with Gasteiger partial charge in [-0.25, -0.2) is 4.79 Å². The smallest absolute Gasteiger partial charge is 0.343 e. The molecular weight excluding hydrogens is 432 g/mol. The van der Waals surface area contributed by atoms with Crippen LogP contribution in [-0.4, -0.2) is 19.2 Å². The molecule has 0 fully saturated rings. The molecule has 0 aliphatic rings. The number of ether oxygens (including phenoxy) is 3. The van der Waals surface area contributed by atoms with Crippen LogP contribution in [-0.2, 0) is 0 Å².